The molecular weight excluding hydrogens is 342 g/mol. The number of carbonyl (C=O) groups is 2. The number of rotatable bonds is 7. The molecule has 2 amide bonds. The van der Waals surface area contributed by atoms with Crippen molar-refractivity contribution >= 4 is 23.6 Å². The predicted molar refractivity (Wildman–Crippen MR) is 107 cm³/mol. The van der Waals surface area contributed by atoms with Gasteiger partial charge >= 0.3 is 0 Å². The minimum Gasteiger partial charge on any atom is -0.496 e. The second kappa shape index (κ2) is 9.91. The summed E-state index contributed by atoms with van der Waals surface area (Å²) >= 11 is 0. The Morgan fingerprint density at radius 1 is 1.11 bits per heavy atom. The molecule has 2 aromatic rings. The largest absolute Gasteiger partial charge is 0.496 e. The molecule has 6 heteroatoms. The smallest absolute Gasteiger partial charge is 0.259 e. The van der Waals surface area contributed by atoms with Crippen molar-refractivity contribution in [2.24, 2.45) is 5.10 Å². The molecule has 2 aromatic carbocycles. The third kappa shape index (κ3) is 6.43. The number of benzene rings is 2. The molecule has 27 heavy (non-hydrogen) atoms. The maximum atomic E-state index is 11.9. The van der Waals surface area contributed by atoms with E-state index < -0.39 is 5.91 Å². The number of amides is 2. The fourth-order valence-corrected chi connectivity index (χ4v) is 2.24. The van der Waals surface area contributed by atoms with Gasteiger partial charge in [-0.1, -0.05) is 48.0 Å². The normalized spacial score (nSPS) is 11.3. The number of nitrogens with zero attached hydrogens (tertiary/aromatic N) is 1. The van der Waals surface area contributed by atoms with E-state index in [1.165, 1.54) is 6.08 Å². The fraction of sp³-hybridized carbons (Fsp3) is 0.190. The number of nitrogens with one attached hydrogen (secondary N) is 2. The maximum Gasteiger partial charge on any atom is 0.259 e. The van der Waals surface area contributed by atoms with Crippen molar-refractivity contribution < 1.29 is 14.3 Å². The Morgan fingerprint density at radius 2 is 1.81 bits per heavy atom. The van der Waals surface area contributed by atoms with Crippen LogP contribution in [0.3, 0.4) is 0 Å². The summed E-state index contributed by atoms with van der Waals surface area (Å²) in [5.74, 6) is -0.115. The molecule has 0 radical (unpaired) electrons. The van der Waals surface area contributed by atoms with Gasteiger partial charge in [-0.2, -0.15) is 5.10 Å². The first-order valence-corrected chi connectivity index (χ1v) is 8.48. The van der Waals surface area contributed by atoms with Crippen LogP contribution in [-0.4, -0.2) is 31.2 Å². The number of carbonyl (C=O) groups excluding carboxylic acids is 2. The van der Waals surface area contributed by atoms with Crippen LogP contribution in [0.4, 0.5) is 0 Å². The first-order chi connectivity index (χ1) is 13.0. The van der Waals surface area contributed by atoms with E-state index in [0.717, 1.165) is 16.7 Å². The highest BCUT2D eigenvalue weighted by Crippen LogP contribution is 2.18. The summed E-state index contributed by atoms with van der Waals surface area (Å²) in [5, 5.41) is 6.56. The van der Waals surface area contributed by atoms with Gasteiger partial charge in [0.1, 0.15) is 5.75 Å². The van der Waals surface area contributed by atoms with Crippen LogP contribution in [-0.2, 0) is 9.59 Å². The Morgan fingerprint density at radius 3 is 2.52 bits per heavy atom. The van der Waals surface area contributed by atoms with Gasteiger partial charge in [0.2, 0.25) is 5.91 Å². The Labute approximate surface area is 158 Å². The van der Waals surface area contributed by atoms with Gasteiger partial charge in [-0.3, -0.25) is 9.59 Å². The highest BCUT2D eigenvalue weighted by atomic mass is 16.5. The van der Waals surface area contributed by atoms with E-state index in [1.54, 1.807) is 26.2 Å². The lowest BCUT2D eigenvalue weighted by molar-refractivity contribution is -0.123. The van der Waals surface area contributed by atoms with Gasteiger partial charge in [0.25, 0.3) is 5.91 Å². The predicted octanol–water partition coefficient (Wildman–Crippen LogP) is 2.67. The van der Waals surface area contributed by atoms with Gasteiger partial charge in [0, 0.05) is 11.6 Å². The highest BCUT2D eigenvalue weighted by Gasteiger charge is 2.04. The minimum absolute atomic E-state index is 0.167. The molecule has 0 unspecified atom stereocenters. The van der Waals surface area contributed by atoms with Crippen LogP contribution in [0, 0.1) is 6.92 Å². The van der Waals surface area contributed by atoms with Crippen LogP contribution < -0.4 is 15.5 Å². The summed E-state index contributed by atoms with van der Waals surface area (Å²) in [6, 6.07) is 15.2. The van der Waals surface area contributed by atoms with Crippen molar-refractivity contribution in [3.8, 4) is 5.75 Å². The zero-order valence-electron chi connectivity index (χ0n) is 15.7. The third-order valence-electron chi connectivity index (χ3n) is 3.79. The average Bonchev–Trinajstić information content (AvgIpc) is 2.69. The van der Waals surface area contributed by atoms with Crippen molar-refractivity contribution in [3.63, 3.8) is 0 Å². The molecule has 0 aliphatic heterocycles. The van der Waals surface area contributed by atoms with Crippen molar-refractivity contribution in [3.05, 3.63) is 71.3 Å². The van der Waals surface area contributed by atoms with Gasteiger partial charge in [0.05, 0.1) is 19.4 Å². The van der Waals surface area contributed by atoms with E-state index >= 15 is 0 Å². The van der Waals surface area contributed by atoms with E-state index in [9.17, 15) is 9.59 Å². The van der Waals surface area contributed by atoms with Gasteiger partial charge in [-0.15, -0.1) is 0 Å². The number of hydrazone groups is 1. The molecule has 0 spiro atoms. The standard InChI is InChI=1S/C21H23N3O3/c1-15-8-10-17(11-9-15)16(2)23-24-21(26)14-22-20(25)13-12-18-6-4-5-7-19(18)27-3/h4-13H,14H2,1-3H3,(H,22,25)(H,24,26). The molecule has 0 fully saturated rings. The average molecular weight is 365 g/mol. The summed E-state index contributed by atoms with van der Waals surface area (Å²) < 4.78 is 5.21. The van der Waals surface area contributed by atoms with Crippen molar-refractivity contribution in [1.29, 1.82) is 0 Å². The zero-order valence-corrected chi connectivity index (χ0v) is 15.7. The number of methoxy groups -OCH3 is 1. The number of hydrogen-bond donors (Lipinski definition) is 2. The van der Waals surface area contributed by atoms with Crippen molar-refractivity contribution in [2.75, 3.05) is 13.7 Å². The Hall–Kier alpha value is -3.41. The molecule has 140 valence electrons. The minimum atomic E-state index is -0.402. The number of para-hydroxylation sites is 1. The summed E-state index contributed by atoms with van der Waals surface area (Å²) in [4.78, 5) is 23.7. The van der Waals surface area contributed by atoms with Gasteiger partial charge in [-0.25, -0.2) is 5.43 Å². The van der Waals surface area contributed by atoms with Crippen LogP contribution in [0.15, 0.2) is 59.7 Å². The molecule has 0 atom stereocenters. The molecule has 0 saturated carbocycles. The van der Waals surface area contributed by atoms with Crippen LogP contribution in [0.25, 0.3) is 6.08 Å². The molecule has 0 aromatic heterocycles. The third-order valence-corrected chi connectivity index (χ3v) is 3.79. The topological polar surface area (TPSA) is 79.8 Å². The SMILES string of the molecule is COc1ccccc1C=CC(=O)NCC(=O)NN=C(C)c1ccc(C)cc1. The number of aryl methyl sites for hydroxylation is 1. The lowest BCUT2D eigenvalue weighted by Gasteiger charge is -2.05. The van der Waals surface area contributed by atoms with Crippen LogP contribution in [0.5, 0.6) is 5.75 Å². The molecule has 0 aliphatic rings. The summed E-state index contributed by atoms with van der Waals surface area (Å²) in [6.45, 7) is 3.64. The number of hydrogen-bond acceptors (Lipinski definition) is 4. The number of ether oxygens (including phenoxy) is 1. The summed E-state index contributed by atoms with van der Waals surface area (Å²) in [6.07, 6.45) is 2.98. The second-order valence-corrected chi connectivity index (χ2v) is 5.89. The van der Waals surface area contributed by atoms with Crippen LogP contribution in [0.2, 0.25) is 0 Å². The Kier molecular flexibility index (Phi) is 7.31. The molecule has 0 bridgehead atoms. The molecule has 6 nitrogen and oxygen atoms in total. The highest BCUT2D eigenvalue weighted by molar-refractivity contribution is 5.99. The van der Waals surface area contributed by atoms with Gasteiger partial charge < -0.3 is 10.1 Å². The molecule has 2 N–H and O–H groups in total. The van der Waals surface area contributed by atoms with E-state index in [2.05, 4.69) is 15.8 Å². The lowest BCUT2D eigenvalue weighted by Crippen LogP contribution is -2.34. The maximum absolute atomic E-state index is 11.9. The first-order valence-electron chi connectivity index (χ1n) is 8.48. The van der Waals surface area contributed by atoms with E-state index in [0.29, 0.717) is 11.5 Å². The first kappa shape index (κ1) is 19.9. The fourth-order valence-electron chi connectivity index (χ4n) is 2.24. The molecule has 0 saturated heterocycles. The van der Waals surface area contributed by atoms with Crippen LogP contribution >= 0.6 is 0 Å². The van der Waals surface area contributed by atoms with E-state index in [-0.39, 0.29) is 12.5 Å². The van der Waals surface area contributed by atoms with Gasteiger partial charge in [0.15, 0.2) is 0 Å². The molecule has 2 rings (SSSR count). The van der Waals surface area contributed by atoms with Crippen molar-refractivity contribution in [2.45, 2.75) is 13.8 Å². The molecule has 0 aliphatic carbocycles. The lowest BCUT2D eigenvalue weighted by atomic mass is 10.1. The molecular formula is C21H23N3O3. The van der Waals surface area contributed by atoms with E-state index in [4.69, 9.17) is 4.74 Å². The quantitative estimate of drug-likeness (QED) is 0.450. The second-order valence-electron chi connectivity index (χ2n) is 5.89. The van der Waals surface area contributed by atoms with Crippen molar-refractivity contribution in [1.82, 2.24) is 10.7 Å². The van der Waals surface area contributed by atoms with E-state index in [1.807, 2.05) is 49.4 Å². The summed E-state index contributed by atoms with van der Waals surface area (Å²) in [7, 11) is 1.57. The monoisotopic (exact) mass is 365 g/mol. The van der Waals surface area contributed by atoms with Gasteiger partial charge in [-0.05, 0) is 31.6 Å². The molecule has 0 heterocycles. The summed E-state index contributed by atoms with van der Waals surface area (Å²) in [5.41, 5.74) is 5.97. The Bertz CT molecular complexity index is 855. The van der Waals surface area contributed by atoms with Crippen LogP contribution in [0.1, 0.15) is 23.6 Å². The Balaban J connectivity index is 1.82. The zero-order chi connectivity index (χ0) is 19.6.